The summed E-state index contributed by atoms with van der Waals surface area (Å²) in [7, 11) is 1.73. The number of fused-ring (bicyclic) bond motifs is 1. The monoisotopic (exact) mass is 395 g/mol. The van der Waals surface area contributed by atoms with Gasteiger partial charge in [0, 0.05) is 30.5 Å². The standard InChI is InChI=1S/C26H25N3O/c1-30-25-12-6-5-11-23(25)24-19-29(26-27-17-7-8-18-28(24)26)22-15-13-21(14-16-22)20-9-3-2-4-10-20/h2-6,9-16,19H,7-8,17-18H2,1H3. The molecule has 150 valence electrons. The van der Waals surface area contributed by atoms with Gasteiger partial charge >= 0.3 is 0 Å². The quantitative estimate of drug-likeness (QED) is 0.573. The minimum absolute atomic E-state index is 0.859. The first kappa shape index (κ1) is 18.5. The third kappa shape index (κ3) is 3.35. The van der Waals surface area contributed by atoms with Crippen molar-refractivity contribution in [1.29, 1.82) is 0 Å². The number of guanidine groups is 1. The number of methoxy groups -OCH3 is 1. The number of hydrogen-bond donors (Lipinski definition) is 0. The normalized spacial score (nSPS) is 15.9. The molecule has 0 saturated carbocycles. The van der Waals surface area contributed by atoms with Gasteiger partial charge in [0.15, 0.2) is 0 Å². The molecule has 0 unspecified atom stereocenters. The Morgan fingerprint density at radius 3 is 2.33 bits per heavy atom. The van der Waals surface area contributed by atoms with Gasteiger partial charge < -0.3 is 9.64 Å². The molecule has 0 aromatic heterocycles. The van der Waals surface area contributed by atoms with Gasteiger partial charge in [0.05, 0.1) is 12.8 Å². The minimum Gasteiger partial charge on any atom is -0.496 e. The molecule has 2 aliphatic rings. The molecule has 0 fully saturated rings. The molecule has 0 radical (unpaired) electrons. The van der Waals surface area contributed by atoms with E-state index in [1.54, 1.807) is 7.11 Å². The lowest BCUT2D eigenvalue weighted by Gasteiger charge is -2.25. The van der Waals surface area contributed by atoms with Crippen molar-refractivity contribution in [1.82, 2.24) is 4.90 Å². The van der Waals surface area contributed by atoms with Crippen molar-refractivity contribution in [3.63, 3.8) is 0 Å². The number of hydrogen-bond acceptors (Lipinski definition) is 4. The van der Waals surface area contributed by atoms with E-state index in [4.69, 9.17) is 9.73 Å². The van der Waals surface area contributed by atoms with E-state index in [1.807, 2.05) is 18.2 Å². The van der Waals surface area contributed by atoms with Crippen molar-refractivity contribution in [2.24, 2.45) is 4.99 Å². The largest absolute Gasteiger partial charge is 0.496 e. The molecule has 3 aromatic rings. The molecule has 0 bridgehead atoms. The van der Waals surface area contributed by atoms with E-state index in [0.717, 1.165) is 54.6 Å². The zero-order chi connectivity index (χ0) is 20.3. The molecule has 3 aromatic carbocycles. The molecule has 2 aliphatic heterocycles. The predicted octanol–water partition coefficient (Wildman–Crippen LogP) is 5.63. The summed E-state index contributed by atoms with van der Waals surface area (Å²) in [5, 5.41) is 0. The molecule has 0 N–H and O–H groups in total. The lowest BCUT2D eigenvalue weighted by atomic mass is 10.1. The Morgan fingerprint density at radius 2 is 1.53 bits per heavy atom. The number of nitrogens with zero attached hydrogens (tertiary/aromatic N) is 3. The summed E-state index contributed by atoms with van der Waals surface area (Å²) in [6.07, 6.45) is 4.43. The fourth-order valence-corrected chi connectivity index (χ4v) is 4.14. The zero-order valence-corrected chi connectivity index (χ0v) is 17.2. The summed E-state index contributed by atoms with van der Waals surface area (Å²) < 4.78 is 5.65. The van der Waals surface area contributed by atoms with Gasteiger partial charge in [0.2, 0.25) is 5.96 Å². The van der Waals surface area contributed by atoms with Gasteiger partial charge in [-0.15, -0.1) is 0 Å². The second-order valence-electron chi connectivity index (χ2n) is 7.54. The van der Waals surface area contributed by atoms with Crippen LogP contribution in [0.25, 0.3) is 16.8 Å². The lowest BCUT2D eigenvalue weighted by Crippen LogP contribution is -2.34. The third-order valence-electron chi connectivity index (χ3n) is 5.68. The molecule has 4 heteroatoms. The van der Waals surface area contributed by atoms with Crippen molar-refractivity contribution in [2.45, 2.75) is 12.8 Å². The van der Waals surface area contributed by atoms with Crippen LogP contribution in [0.3, 0.4) is 0 Å². The van der Waals surface area contributed by atoms with E-state index in [1.165, 1.54) is 11.1 Å². The smallest absolute Gasteiger partial charge is 0.210 e. The molecular formula is C26H25N3O. The molecule has 0 aliphatic carbocycles. The number of benzene rings is 3. The average Bonchev–Trinajstić information content (AvgIpc) is 3.00. The third-order valence-corrected chi connectivity index (χ3v) is 5.68. The van der Waals surface area contributed by atoms with Crippen LogP contribution in [0.5, 0.6) is 5.75 Å². The summed E-state index contributed by atoms with van der Waals surface area (Å²) in [6.45, 7) is 1.82. The van der Waals surface area contributed by atoms with Crippen LogP contribution in [0, 0.1) is 0 Å². The Kier molecular flexibility index (Phi) is 4.98. The van der Waals surface area contributed by atoms with Gasteiger partial charge in [0.1, 0.15) is 5.75 Å². The summed E-state index contributed by atoms with van der Waals surface area (Å²) in [6, 6.07) is 27.4. The predicted molar refractivity (Wildman–Crippen MR) is 124 cm³/mol. The van der Waals surface area contributed by atoms with E-state index in [2.05, 4.69) is 76.7 Å². The lowest BCUT2D eigenvalue weighted by molar-refractivity contribution is 0.412. The average molecular weight is 396 g/mol. The van der Waals surface area contributed by atoms with Crippen molar-refractivity contribution in [3.8, 4) is 16.9 Å². The highest BCUT2D eigenvalue weighted by Crippen LogP contribution is 2.37. The number of ether oxygens (including phenoxy) is 1. The molecule has 0 amide bonds. The number of rotatable bonds is 4. The van der Waals surface area contributed by atoms with Crippen molar-refractivity contribution in [3.05, 3.63) is 90.6 Å². The molecule has 0 spiro atoms. The fraction of sp³-hybridized carbons (Fsp3) is 0.192. The number of aliphatic imine (C=N–C) groups is 1. The topological polar surface area (TPSA) is 28.1 Å². The van der Waals surface area contributed by atoms with E-state index in [-0.39, 0.29) is 0 Å². The van der Waals surface area contributed by atoms with Crippen molar-refractivity contribution in [2.75, 3.05) is 25.1 Å². The fourth-order valence-electron chi connectivity index (χ4n) is 4.14. The van der Waals surface area contributed by atoms with Gasteiger partial charge in [-0.1, -0.05) is 54.6 Å². The van der Waals surface area contributed by atoms with Crippen LogP contribution >= 0.6 is 0 Å². The van der Waals surface area contributed by atoms with Gasteiger partial charge in [-0.05, 0) is 48.2 Å². The van der Waals surface area contributed by atoms with Crippen molar-refractivity contribution < 1.29 is 4.74 Å². The Morgan fingerprint density at radius 1 is 0.800 bits per heavy atom. The molecule has 5 rings (SSSR count). The Labute approximate surface area is 177 Å². The van der Waals surface area contributed by atoms with Gasteiger partial charge in [-0.25, -0.2) is 0 Å². The van der Waals surface area contributed by atoms with Crippen molar-refractivity contribution >= 4 is 17.3 Å². The SMILES string of the molecule is COc1ccccc1C1=CN(c2ccc(-c3ccccc3)cc2)C2=NCCCCN12. The maximum absolute atomic E-state index is 5.65. The van der Waals surface area contributed by atoms with E-state index in [9.17, 15) is 0 Å². The second-order valence-corrected chi connectivity index (χ2v) is 7.54. The van der Waals surface area contributed by atoms with E-state index in [0.29, 0.717) is 0 Å². The molecule has 4 nitrogen and oxygen atoms in total. The van der Waals surface area contributed by atoms with Crippen LogP contribution in [0.15, 0.2) is 90.1 Å². The maximum atomic E-state index is 5.65. The molecule has 0 atom stereocenters. The first-order valence-corrected chi connectivity index (χ1v) is 10.5. The van der Waals surface area contributed by atoms with Crippen LogP contribution in [-0.2, 0) is 0 Å². The highest BCUT2D eigenvalue weighted by Gasteiger charge is 2.32. The molecule has 0 saturated heterocycles. The highest BCUT2D eigenvalue weighted by atomic mass is 16.5. The Balaban J connectivity index is 1.55. The first-order chi connectivity index (χ1) is 14.8. The number of para-hydroxylation sites is 1. The van der Waals surface area contributed by atoms with Crippen LogP contribution in [-0.4, -0.2) is 31.1 Å². The highest BCUT2D eigenvalue weighted by molar-refractivity contribution is 6.08. The van der Waals surface area contributed by atoms with Crippen LogP contribution < -0.4 is 9.64 Å². The minimum atomic E-state index is 0.859. The Hall–Kier alpha value is -3.53. The van der Waals surface area contributed by atoms with Crippen LogP contribution in [0.4, 0.5) is 5.69 Å². The summed E-state index contributed by atoms with van der Waals surface area (Å²) in [4.78, 5) is 9.47. The maximum Gasteiger partial charge on any atom is 0.210 e. The van der Waals surface area contributed by atoms with Crippen LogP contribution in [0.2, 0.25) is 0 Å². The second kappa shape index (κ2) is 8.07. The summed E-state index contributed by atoms with van der Waals surface area (Å²) >= 11 is 0. The first-order valence-electron chi connectivity index (χ1n) is 10.5. The zero-order valence-electron chi connectivity index (χ0n) is 17.2. The van der Waals surface area contributed by atoms with Gasteiger partial charge in [-0.3, -0.25) is 9.89 Å². The van der Waals surface area contributed by atoms with E-state index >= 15 is 0 Å². The Bertz CT molecular complexity index is 1090. The summed E-state index contributed by atoms with van der Waals surface area (Å²) in [5.41, 5.74) is 5.79. The molecular weight excluding hydrogens is 370 g/mol. The molecule has 30 heavy (non-hydrogen) atoms. The summed E-state index contributed by atoms with van der Waals surface area (Å²) in [5.74, 6) is 1.88. The number of anilines is 1. The van der Waals surface area contributed by atoms with Gasteiger partial charge in [0.25, 0.3) is 0 Å². The molecule has 2 heterocycles. The van der Waals surface area contributed by atoms with E-state index < -0.39 is 0 Å². The van der Waals surface area contributed by atoms with Crippen LogP contribution in [0.1, 0.15) is 18.4 Å². The van der Waals surface area contributed by atoms with Gasteiger partial charge in [-0.2, -0.15) is 0 Å².